The predicted octanol–water partition coefficient (Wildman–Crippen LogP) is 7.14. The third-order valence-corrected chi connectivity index (χ3v) is 8.50. The van der Waals surface area contributed by atoms with Crippen LogP contribution in [0.4, 0.5) is 10.2 Å². The smallest absolute Gasteiger partial charge is 0.256 e. The zero-order valence-electron chi connectivity index (χ0n) is 26.3. The molecule has 0 saturated carbocycles. The van der Waals surface area contributed by atoms with Gasteiger partial charge >= 0.3 is 0 Å². The maximum absolute atomic E-state index is 15.2. The van der Waals surface area contributed by atoms with Gasteiger partial charge in [-0.15, -0.1) is 0 Å². The van der Waals surface area contributed by atoms with Crippen molar-refractivity contribution < 1.29 is 19.0 Å². The molecule has 0 unspecified atom stereocenters. The van der Waals surface area contributed by atoms with E-state index < -0.39 is 24.6 Å². The van der Waals surface area contributed by atoms with Crippen molar-refractivity contribution in [2.24, 2.45) is 0 Å². The Balaban J connectivity index is 1.11. The quantitative estimate of drug-likeness (QED) is 0.110. The third-order valence-electron chi connectivity index (χ3n) is 8.50. The molecule has 3 N–H and O–H groups in total. The van der Waals surface area contributed by atoms with E-state index in [1.54, 1.807) is 24.3 Å². The van der Waals surface area contributed by atoms with E-state index in [4.69, 9.17) is 4.74 Å². The lowest BCUT2D eigenvalue weighted by Crippen LogP contribution is -2.36. The van der Waals surface area contributed by atoms with Crippen LogP contribution >= 0.6 is 0 Å². The number of benzene rings is 1. The van der Waals surface area contributed by atoms with E-state index in [-0.39, 0.29) is 11.7 Å². The highest BCUT2D eigenvalue weighted by molar-refractivity contribution is 6.06. The van der Waals surface area contributed by atoms with Crippen LogP contribution in [0.2, 0.25) is 0 Å². The van der Waals surface area contributed by atoms with Gasteiger partial charge in [0.1, 0.15) is 18.5 Å². The third kappa shape index (κ3) is 10.0. The Hall–Kier alpha value is -2.95. The summed E-state index contributed by atoms with van der Waals surface area (Å²) in [6.07, 6.45) is 17.9. The molecule has 9 nitrogen and oxygen atoms in total. The Morgan fingerprint density at radius 2 is 1.50 bits per heavy atom. The molecule has 1 saturated heterocycles. The van der Waals surface area contributed by atoms with Crippen LogP contribution in [0.15, 0.2) is 43.0 Å². The summed E-state index contributed by atoms with van der Waals surface area (Å²) in [5.41, 5.74) is 1.11. The van der Waals surface area contributed by atoms with Crippen molar-refractivity contribution in [1.82, 2.24) is 24.8 Å². The van der Waals surface area contributed by atoms with E-state index in [0.29, 0.717) is 23.3 Å². The molecular formula is C34H51FN6O3. The molecule has 0 spiro atoms. The molecule has 44 heavy (non-hydrogen) atoms. The summed E-state index contributed by atoms with van der Waals surface area (Å²) in [5, 5.41) is 16.6. The minimum absolute atomic E-state index is 0.221. The number of hydrogen-bond acceptors (Lipinski definition) is 7. The number of nitrogens with zero attached hydrogens (tertiary/aromatic N) is 4. The van der Waals surface area contributed by atoms with Crippen molar-refractivity contribution in [3.05, 3.63) is 48.5 Å². The van der Waals surface area contributed by atoms with E-state index >= 15 is 4.39 Å². The fourth-order valence-electron chi connectivity index (χ4n) is 5.86. The van der Waals surface area contributed by atoms with Gasteiger partial charge in [0.2, 0.25) is 0 Å². The number of fused-ring (bicyclic) bond motifs is 1. The summed E-state index contributed by atoms with van der Waals surface area (Å²) in [6, 6.07) is 8.77. The average Bonchev–Trinajstić information content (AvgIpc) is 3.60. The first-order valence-electron chi connectivity index (χ1n) is 16.8. The van der Waals surface area contributed by atoms with Gasteiger partial charge in [-0.25, -0.2) is 19.3 Å². The van der Waals surface area contributed by atoms with Crippen LogP contribution in [-0.4, -0.2) is 62.0 Å². The molecule has 2 aromatic heterocycles. The second-order valence-electron chi connectivity index (χ2n) is 12.0. The minimum atomic E-state index is -1.65. The lowest BCUT2D eigenvalue weighted by atomic mass is 10.0. The number of halogens is 1. The Labute approximate surface area is 261 Å². The van der Waals surface area contributed by atoms with Gasteiger partial charge in [0, 0.05) is 12.1 Å². The van der Waals surface area contributed by atoms with Gasteiger partial charge in [0.25, 0.3) is 5.91 Å². The van der Waals surface area contributed by atoms with Crippen LogP contribution in [0.5, 0.6) is 0 Å². The van der Waals surface area contributed by atoms with Crippen molar-refractivity contribution in [2.45, 2.75) is 128 Å². The predicted molar refractivity (Wildman–Crippen MR) is 172 cm³/mol. The van der Waals surface area contributed by atoms with Crippen molar-refractivity contribution >= 4 is 22.9 Å². The van der Waals surface area contributed by atoms with E-state index in [0.717, 1.165) is 19.4 Å². The number of aliphatic hydroxyl groups excluding tert-OH is 1. The van der Waals surface area contributed by atoms with Gasteiger partial charge in [0.05, 0.1) is 6.33 Å². The van der Waals surface area contributed by atoms with Crippen LogP contribution in [0.3, 0.4) is 0 Å². The molecule has 1 amide bonds. The molecule has 1 fully saturated rings. The normalized spacial score (nSPS) is 20.0. The van der Waals surface area contributed by atoms with Gasteiger partial charge in [-0.05, 0) is 25.1 Å². The maximum atomic E-state index is 15.2. The Morgan fingerprint density at radius 1 is 0.886 bits per heavy atom. The number of hydrogen-bond donors (Lipinski definition) is 3. The van der Waals surface area contributed by atoms with Crippen LogP contribution in [0, 0.1) is 0 Å². The lowest BCUT2D eigenvalue weighted by molar-refractivity contribution is -0.0215. The van der Waals surface area contributed by atoms with Crippen molar-refractivity contribution in [1.29, 1.82) is 0 Å². The molecule has 4 atom stereocenters. The Morgan fingerprint density at radius 3 is 2.14 bits per heavy atom. The van der Waals surface area contributed by atoms with Crippen LogP contribution in [-0.2, 0) is 4.74 Å². The molecule has 3 aromatic rings. The minimum Gasteiger partial charge on any atom is -0.387 e. The first-order chi connectivity index (χ1) is 21.6. The number of anilines is 1. The van der Waals surface area contributed by atoms with E-state index in [2.05, 4.69) is 32.5 Å². The summed E-state index contributed by atoms with van der Waals surface area (Å²) >= 11 is 0. The molecule has 0 radical (unpaired) electrons. The lowest BCUT2D eigenvalue weighted by Gasteiger charge is -2.16. The molecule has 0 aliphatic carbocycles. The summed E-state index contributed by atoms with van der Waals surface area (Å²) < 4.78 is 22.6. The zero-order chi connectivity index (χ0) is 31.0. The van der Waals surface area contributed by atoms with E-state index in [1.165, 1.54) is 101 Å². The number of carbonyl (C=O) groups is 1. The monoisotopic (exact) mass is 610 g/mol. The van der Waals surface area contributed by atoms with Crippen LogP contribution < -0.4 is 10.6 Å². The van der Waals surface area contributed by atoms with Crippen molar-refractivity contribution in [2.75, 3.05) is 18.4 Å². The Kier molecular flexibility index (Phi) is 14.5. The summed E-state index contributed by atoms with van der Waals surface area (Å²) in [6.45, 7) is 3.43. The second-order valence-corrected chi connectivity index (χ2v) is 12.0. The number of aliphatic hydroxyl groups is 1. The van der Waals surface area contributed by atoms with Gasteiger partial charge in [-0.1, -0.05) is 115 Å². The first-order valence-corrected chi connectivity index (χ1v) is 16.8. The summed E-state index contributed by atoms with van der Waals surface area (Å²) in [4.78, 5) is 25.4. The topological polar surface area (TPSA) is 114 Å². The molecule has 4 rings (SSSR count). The standard InChI is InChI=1S/C34H51FN6O3/c1-2-3-4-5-6-7-8-9-10-11-12-13-14-15-19-22-36-23-27-30(42)28(35)34(44-27)41-25-39-29-31(37-24-38-32(29)41)40-33(43)26-20-17-16-18-21-26/h16-18,20-21,24-25,27-28,30,34,36,42H,2-15,19,22-23H2,1H3,(H,37,38,40,43)/t27-,28-,30-,34-/m1/s1. The van der Waals surface area contributed by atoms with Crippen LogP contribution in [0.25, 0.3) is 11.2 Å². The maximum Gasteiger partial charge on any atom is 0.256 e. The number of alkyl halides is 1. The molecule has 3 heterocycles. The largest absolute Gasteiger partial charge is 0.387 e. The molecule has 1 aliphatic rings. The molecule has 1 aromatic carbocycles. The number of imidazole rings is 1. The average molecular weight is 611 g/mol. The molecular weight excluding hydrogens is 559 g/mol. The fourth-order valence-corrected chi connectivity index (χ4v) is 5.86. The van der Waals surface area contributed by atoms with E-state index in [9.17, 15) is 9.90 Å². The number of rotatable bonds is 21. The number of unbranched alkanes of at least 4 members (excludes halogenated alkanes) is 14. The summed E-state index contributed by atoms with van der Waals surface area (Å²) in [7, 11) is 0. The van der Waals surface area contributed by atoms with Gasteiger partial charge in [-0.2, -0.15) is 0 Å². The molecule has 10 heteroatoms. The van der Waals surface area contributed by atoms with Crippen molar-refractivity contribution in [3.8, 4) is 0 Å². The van der Waals surface area contributed by atoms with Gasteiger partial charge < -0.3 is 20.5 Å². The number of carbonyl (C=O) groups excluding carboxylic acids is 1. The number of aromatic nitrogens is 4. The number of ether oxygens (including phenoxy) is 1. The zero-order valence-corrected chi connectivity index (χ0v) is 26.3. The summed E-state index contributed by atoms with van der Waals surface area (Å²) in [5.74, 6) is -0.116. The van der Waals surface area contributed by atoms with E-state index in [1.807, 2.05) is 6.07 Å². The Bertz CT molecular complexity index is 1240. The highest BCUT2D eigenvalue weighted by Crippen LogP contribution is 2.34. The van der Waals surface area contributed by atoms with Gasteiger partial charge in [0.15, 0.2) is 29.4 Å². The van der Waals surface area contributed by atoms with Crippen molar-refractivity contribution in [3.63, 3.8) is 0 Å². The number of nitrogens with one attached hydrogen (secondary N) is 2. The molecule has 242 valence electrons. The van der Waals surface area contributed by atoms with Crippen LogP contribution in [0.1, 0.15) is 120 Å². The highest BCUT2D eigenvalue weighted by Gasteiger charge is 2.45. The first kappa shape index (κ1) is 33.9. The fraction of sp³-hybridized carbons (Fsp3) is 0.647. The number of amides is 1. The highest BCUT2D eigenvalue weighted by atomic mass is 19.1. The molecule has 1 aliphatic heterocycles. The van der Waals surface area contributed by atoms with Gasteiger partial charge in [-0.3, -0.25) is 9.36 Å². The SMILES string of the molecule is CCCCCCCCCCCCCCCCCNC[C@H]1O[C@@H](n2cnc3c(NC(=O)c4ccccc4)ncnc32)[C@H](F)[C@@H]1O. The molecule has 0 bridgehead atoms. The second kappa shape index (κ2) is 18.8.